The molecule has 0 bridgehead atoms. The molecule has 0 aliphatic carbocycles. The molecular formula is C23H23ClF2N2O7S. The van der Waals surface area contributed by atoms with Crippen LogP contribution in [0.25, 0.3) is 0 Å². The second kappa shape index (κ2) is 11.3. The molecule has 1 N–H and O–H groups in total. The highest BCUT2D eigenvalue weighted by Gasteiger charge is 2.36. The Balaban J connectivity index is 1.92. The van der Waals surface area contributed by atoms with E-state index in [9.17, 15) is 31.6 Å². The molecule has 194 valence electrons. The Kier molecular flexibility index (Phi) is 8.64. The van der Waals surface area contributed by atoms with E-state index < -0.39 is 56.6 Å². The van der Waals surface area contributed by atoms with Crippen LogP contribution in [0.1, 0.15) is 37.0 Å². The maximum atomic E-state index is 14.8. The van der Waals surface area contributed by atoms with Crippen molar-refractivity contribution in [3.63, 3.8) is 0 Å². The number of nitrogens with one attached hydrogen (secondary N) is 1. The van der Waals surface area contributed by atoms with Crippen LogP contribution in [0.15, 0.2) is 41.3 Å². The molecule has 2 aromatic rings. The summed E-state index contributed by atoms with van der Waals surface area (Å²) in [6, 6.07) is 6.22. The fourth-order valence-electron chi connectivity index (χ4n) is 3.70. The Morgan fingerprint density at radius 1 is 0.944 bits per heavy atom. The summed E-state index contributed by atoms with van der Waals surface area (Å²) < 4.78 is 66.3. The molecule has 3 rings (SSSR count). The van der Waals surface area contributed by atoms with E-state index in [0.717, 1.165) is 34.6 Å². The molecule has 2 atom stereocenters. The molecule has 1 heterocycles. The van der Waals surface area contributed by atoms with Gasteiger partial charge in [0.15, 0.2) is 0 Å². The largest absolute Gasteiger partial charge is 0.461 e. The Bertz CT molecular complexity index is 1260. The molecule has 13 heteroatoms. The van der Waals surface area contributed by atoms with Gasteiger partial charge in [-0.2, -0.15) is 4.31 Å². The van der Waals surface area contributed by atoms with Crippen molar-refractivity contribution in [1.29, 1.82) is 0 Å². The molecule has 2 aromatic carbocycles. The first-order valence-electron chi connectivity index (χ1n) is 10.8. The number of ether oxygens (including phenoxy) is 2. The van der Waals surface area contributed by atoms with Gasteiger partial charge < -0.3 is 14.8 Å². The van der Waals surface area contributed by atoms with Crippen molar-refractivity contribution in [3.05, 3.63) is 58.6 Å². The monoisotopic (exact) mass is 544 g/mol. The predicted octanol–water partition coefficient (Wildman–Crippen LogP) is 3.52. The van der Waals surface area contributed by atoms with E-state index in [1.54, 1.807) is 0 Å². The maximum Gasteiger partial charge on any atom is 0.302 e. The van der Waals surface area contributed by atoms with Gasteiger partial charge >= 0.3 is 11.9 Å². The lowest BCUT2D eigenvalue weighted by Crippen LogP contribution is -2.41. The van der Waals surface area contributed by atoms with Gasteiger partial charge in [0.1, 0.15) is 28.7 Å². The van der Waals surface area contributed by atoms with E-state index in [1.807, 2.05) is 0 Å². The molecular weight excluding hydrogens is 522 g/mol. The molecule has 1 fully saturated rings. The lowest BCUT2D eigenvalue weighted by molar-refractivity contribution is -0.148. The topological polar surface area (TPSA) is 119 Å². The van der Waals surface area contributed by atoms with E-state index in [4.69, 9.17) is 21.1 Å². The van der Waals surface area contributed by atoms with Gasteiger partial charge in [-0.25, -0.2) is 17.2 Å². The maximum absolute atomic E-state index is 14.8. The van der Waals surface area contributed by atoms with E-state index in [1.165, 1.54) is 19.9 Å². The highest BCUT2D eigenvalue weighted by atomic mass is 35.5. The van der Waals surface area contributed by atoms with Crippen LogP contribution < -0.4 is 5.32 Å². The van der Waals surface area contributed by atoms with Gasteiger partial charge in [0.2, 0.25) is 10.0 Å². The molecule has 1 amide bonds. The number of benzene rings is 2. The lowest BCUT2D eigenvalue weighted by Gasteiger charge is -2.25. The SMILES string of the molecule is CC(=O)OC1CCC(OC(C)=O)CN(S(=O)(=O)c2cc(C(=O)Nc3ccc(F)c(Cl)c3)ccc2F)C1. The van der Waals surface area contributed by atoms with Crippen LogP contribution in [-0.4, -0.2) is 55.9 Å². The fraction of sp³-hybridized carbons (Fsp3) is 0.348. The van der Waals surface area contributed by atoms with Gasteiger partial charge in [0.25, 0.3) is 5.91 Å². The van der Waals surface area contributed by atoms with Gasteiger partial charge in [-0.05, 0) is 49.2 Å². The summed E-state index contributed by atoms with van der Waals surface area (Å²) in [6.45, 7) is 1.74. The molecule has 1 aliphatic heterocycles. The zero-order chi connectivity index (χ0) is 26.6. The third-order valence-corrected chi connectivity index (χ3v) is 7.42. The van der Waals surface area contributed by atoms with Crippen molar-refractivity contribution in [1.82, 2.24) is 4.31 Å². The minimum Gasteiger partial charge on any atom is -0.461 e. The number of carbonyl (C=O) groups excluding carboxylic acids is 3. The number of esters is 2. The van der Waals surface area contributed by atoms with E-state index in [-0.39, 0.29) is 42.2 Å². The van der Waals surface area contributed by atoms with Crippen LogP contribution in [0.2, 0.25) is 5.02 Å². The number of hydrogen-bond donors (Lipinski definition) is 1. The number of anilines is 1. The second-order valence-corrected chi connectivity index (χ2v) is 10.4. The lowest BCUT2D eigenvalue weighted by atomic mass is 10.1. The third-order valence-electron chi connectivity index (χ3n) is 5.28. The first-order valence-corrected chi connectivity index (χ1v) is 12.6. The molecule has 2 unspecified atom stereocenters. The summed E-state index contributed by atoms with van der Waals surface area (Å²) in [4.78, 5) is 34.8. The van der Waals surface area contributed by atoms with Gasteiger partial charge in [-0.15, -0.1) is 0 Å². The Labute approximate surface area is 211 Å². The second-order valence-electron chi connectivity index (χ2n) is 8.09. The highest BCUT2D eigenvalue weighted by molar-refractivity contribution is 7.89. The predicted molar refractivity (Wildman–Crippen MR) is 125 cm³/mol. The Morgan fingerprint density at radius 3 is 2.03 bits per heavy atom. The summed E-state index contributed by atoms with van der Waals surface area (Å²) in [5.41, 5.74) is -0.0561. The molecule has 0 spiro atoms. The van der Waals surface area contributed by atoms with Gasteiger partial charge in [-0.1, -0.05) is 11.6 Å². The zero-order valence-electron chi connectivity index (χ0n) is 19.3. The highest BCUT2D eigenvalue weighted by Crippen LogP contribution is 2.27. The van der Waals surface area contributed by atoms with Crippen molar-refractivity contribution in [2.75, 3.05) is 18.4 Å². The fourth-order valence-corrected chi connectivity index (χ4v) is 5.47. The zero-order valence-corrected chi connectivity index (χ0v) is 20.9. The normalized spacial score (nSPS) is 18.7. The van der Waals surface area contributed by atoms with Gasteiger partial charge in [0.05, 0.1) is 18.1 Å². The molecule has 0 radical (unpaired) electrons. The van der Waals surface area contributed by atoms with Crippen LogP contribution in [0, 0.1) is 11.6 Å². The van der Waals surface area contributed by atoms with Crippen LogP contribution in [0.4, 0.5) is 14.5 Å². The van der Waals surface area contributed by atoms with Crippen LogP contribution in [0.5, 0.6) is 0 Å². The quantitative estimate of drug-likeness (QED) is 0.553. The Morgan fingerprint density at radius 2 is 1.50 bits per heavy atom. The average Bonchev–Trinajstić information content (AvgIpc) is 2.98. The van der Waals surface area contributed by atoms with Crippen molar-refractivity contribution in [2.24, 2.45) is 0 Å². The Hall–Kier alpha value is -3.09. The van der Waals surface area contributed by atoms with E-state index >= 15 is 0 Å². The smallest absolute Gasteiger partial charge is 0.302 e. The average molecular weight is 545 g/mol. The summed E-state index contributed by atoms with van der Waals surface area (Å²) in [5.74, 6) is -3.86. The standard InChI is InChI=1S/C23H23ClF2N2O7S/c1-13(29)34-17-5-6-18(35-14(2)30)12-28(11-17)36(32,33)22-9-15(3-7-21(22)26)23(31)27-16-4-8-20(25)19(24)10-16/h3-4,7-10,17-18H,5-6,11-12H2,1-2H3,(H,27,31). The van der Waals surface area contributed by atoms with Crippen molar-refractivity contribution >= 4 is 45.2 Å². The third kappa shape index (κ3) is 6.77. The number of sulfonamides is 1. The minimum absolute atomic E-state index is 0.140. The van der Waals surface area contributed by atoms with E-state index in [2.05, 4.69) is 5.32 Å². The summed E-state index contributed by atoms with van der Waals surface area (Å²) in [5, 5.41) is 2.20. The number of hydrogen-bond acceptors (Lipinski definition) is 7. The number of nitrogens with zero attached hydrogens (tertiary/aromatic N) is 1. The van der Waals surface area contributed by atoms with Crippen molar-refractivity contribution in [3.8, 4) is 0 Å². The molecule has 0 aromatic heterocycles. The molecule has 36 heavy (non-hydrogen) atoms. The van der Waals surface area contributed by atoms with Gasteiger partial charge in [-0.3, -0.25) is 14.4 Å². The number of carbonyl (C=O) groups is 3. The number of amides is 1. The van der Waals surface area contributed by atoms with E-state index in [0.29, 0.717) is 0 Å². The molecule has 1 aliphatic rings. The number of rotatable bonds is 6. The number of halogens is 3. The van der Waals surface area contributed by atoms with Crippen LogP contribution in [0.3, 0.4) is 0 Å². The first-order chi connectivity index (χ1) is 16.9. The van der Waals surface area contributed by atoms with Crippen LogP contribution in [-0.2, 0) is 29.1 Å². The van der Waals surface area contributed by atoms with Crippen molar-refractivity contribution < 1.29 is 41.1 Å². The first kappa shape index (κ1) is 27.5. The summed E-state index contributed by atoms with van der Waals surface area (Å²) >= 11 is 5.71. The molecule has 9 nitrogen and oxygen atoms in total. The molecule has 0 saturated carbocycles. The minimum atomic E-state index is -4.57. The molecule has 1 saturated heterocycles. The van der Waals surface area contributed by atoms with Crippen molar-refractivity contribution in [2.45, 2.75) is 43.8 Å². The summed E-state index contributed by atoms with van der Waals surface area (Å²) in [7, 11) is -4.57. The summed E-state index contributed by atoms with van der Waals surface area (Å²) in [6.07, 6.45) is -1.27. The van der Waals surface area contributed by atoms with Gasteiger partial charge in [0, 0.05) is 25.1 Å². The van der Waals surface area contributed by atoms with Crippen LogP contribution >= 0.6 is 11.6 Å².